The Kier molecular flexibility index (Phi) is 5.61. The molecule has 1 rings (SSSR count). The molecule has 0 aliphatic heterocycles. The maximum atomic E-state index is 11.2. The Morgan fingerprint density at radius 1 is 1.45 bits per heavy atom. The maximum Gasteiger partial charge on any atom is 0.321 e. The Hall–Kier alpha value is -1.51. The van der Waals surface area contributed by atoms with E-state index in [1.165, 1.54) is 13.8 Å². The number of carbonyl (C=O) groups excluding carboxylic acids is 1. The molecule has 6 heteroatoms. The van der Waals surface area contributed by atoms with E-state index in [0.717, 1.165) is 0 Å². The van der Waals surface area contributed by atoms with Crippen LogP contribution in [0.3, 0.4) is 0 Å². The van der Waals surface area contributed by atoms with Crippen molar-refractivity contribution in [1.82, 2.24) is 0 Å². The second-order valence-corrected chi connectivity index (χ2v) is 5.52. The lowest BCUT2D eigenvalue weighted by molar-refractivity contribution is -0.143. The minimum atomic E-state index is -1.13. The number of amides is 1. The lowest BCUT2D eigenvalue weighted by Gasteiger charge is -2.09. The van der Waals surface area contributed by atoms with Gasteiger partial charge in [0.1, 0.15) is 5.41 Å². The average molecular weight is 359 g/mol. The van der Waals surface area contributed by atoms with Gasteiger partial charge in [-0.2, -0.15) is 0 Å². The number of carboxylic acids is 1. The normalized spacial score (nSPS) is 10.4. The van der Waals surface area contributed by atoms with Gasteiger partial charge in [0.15, 0.2) is 0 Å². The predicted octanol–water partition coefficient (Wildman–Crippen LogP) is 3.14. The molecule has 0 heterocycles. The van der Waals surface area contributed by atoms with Crippen LogP contribution in [0.25, 0.3) is 0 Å². The first kappa shape index (κ1) is 16.5. The van der Waals surface area contributed by atoms with E-state index in [2.05, 4.69) is 33.1 Å². The molecule has 106 valence electrons. The number of nitrogens with one attached hydrogen (secondary N) is 1. The van der Waals surface area contributed by atoms with Crippen molar-refractivity contribution < 1.29 is 14.7 Å². The van der Waals surface area contributed by atoms with Crippen LogP contribution in [0.2, 0.25) is 5.02 Å². The van der Waals surface area contributed by atoms with Gasteiger partial charge in [0, 0.05) is 5.56 Å². The summed E-state index contributed by atoms with van der Waals surface area (Å²) in [4.78, 5) is 22.2. The molecular formula is C14H13BrClNO3. The van der Waals surface area contributed by atoms with Crippen LogP contribution in [0.1, 0.15) is 19.4 Å². The Morgan fingerprint density at radius 2 is 2.10 bits per heavy atom. The van der Waals surface area contributed by atoms with E-state index in [-0.39, 0.29) is 11.2 Å². The molecule has 0 radical (unpaired) electrons. The summed E-state index contributed by atoms with van der Waals surface area (Å²) in [5.41, 5.74) is -0.0599. The quantitative estimate of drug-likeness (QED) is 0.644. The average Bonchev–Trinajstić information content (AvgIpc) is 2.39. The molecule has 1 aromatic carbocycles. The number of hydrogen-bond donors (Lipinski definition) is 2. The lowest BCUT2D eigenvalue weighted by Crippen LogP contribution is -2.21. The van der Waals surface area contributed by atoms with Crippen LogP contribution in [0.5, 0.6) is 0 Å². The summed E-state index contributed by atoms with van der Waals surface area (Å²) in [7, 11) is 0. The van der Waals surface area contributed by atoms with E-state index in [1.54, 1.807) is 18.2 Å². The molecule has 0 bridgehead atoms. The molecule has 0 atom stereocenters. The number of alkyl halides is 1. The fraction of sp³-hybridized carbons (Fsp3) is 0.286. The number of rotatable bonds is 3. The molecule has 1 amide bonds. The van der Waals surface area contributed by atoms with Crippen molar-refractivity contribution in [3.8, 4) is 11.8 Å². The Bertz CT molecular complexity index is 602. The number of benzene rings is 1. The van der Waals surface area contributed by atoms with Crippen molar-refractivity contribution in [2.45, 2.75) is 13.8 Å². The topological polar surface area (TPSA) is 66.4 Å². The van der Waals surface area contributed by atoms with Crippen LogP contribution in [0, 0.1) is 17.3 Å². The third-order valence-corrected chi connectivity index (χ3v) is 3.24. The zero-order valence-electron chi connectivity index (χ0n) is 11.0. The van der Waals surface area contributed by atoms with Crippen LogP contribution in [-0.2, 0) is 9.59 Å². The Labute approximate surface area is 130 Å². The molecule has 0 fully saturated rings. The van der Waals surface area contributed by atoms with Gasteiger partial charge in [0.2, 0.25) is 5.91 Å². The SMILES string of the molecule is CC(C)(C#Cc1ccc(NC(=O)CBr)c(Cl)c1)C(=O)O. The van der Waals surface area contributed by atoms with Gasteiger partial charge in [0.05, 0.1) is 16.0 Å². The van der Waals surface area contributed by atoms with E-state index < -0.39 is 11.4 Å². The van der Waals surface area contributed by atoms with Gasteiger partial charge in [-0.1, -0.05) is 39.4 Å². The molecule has 0 aromatic heterocycles. The van der Waals surface area contributed by atoms with E-state index >= 15 is 0 Å². The van der Waals surface area contributed by atoms with Crippen molar-refractivity contribution in [3.63, 3.8) is 0 Å². The number of halogens is 2. The van der Waals surface area contributed by atoms with Crippen LogP contribution < -0.4 is 5.32 Å². The van der Waals surface area contributed by atoms with Crippen molar-refractivity contribution in [2.75, 3.05) is 10.6 Å². The third kappa shape index (κ3) is 4.55. The van der Waals surface area contributed by atoms with Gasteiger partial charge in [-0.05, 0) is 32.0 Å². The molecule has 0 aliphatic carbocycles. The summed E-state index contributed by atoms with van der Waals surface area (Å²) in [5, 5.41) is 12.1. The number of aliphatic carboxylic acids is 1. The molecule has 0 aliphatic rings. The largest absolute Gasteiger partial charge is 0.480 e. The van der Waals surface area contributed by atoms with Gasteiger partial charge in [-0.15, -0.1) is 0 Å². The molecule has 0 saturated heterocycles. The molecule has 0 saturated carbocycles. The molecular weight excluding hydrogens is 346 g/mol. The highest BCUT2D eigenvalue weighted by molar-refractivity contribution is 9.09. The summed E-state index contributed by atoms with van der Waals surface area (Å²) >= 11 is 9.07. The number of anilines is 1. The summed E-state index contributed by atoms with van der Waals surface area (Å²) < 4.78 is 0. The van der Waals surface area contributed by atoms with Crippen molar-refractivity contribution in [1.29, 1.82) is 0 Å². The first-order valence-corrected chi connectivity index (χ1v) is 7.18. The fourth-order valence-electron chi connectivity index (χ4n) is 1.16. The first-order chi connectivity index (χ1) is 9.26. The van der Waals surface area contributed by atoms with Crippen molar-refractivity contribution in [3.05, 3.63) is 28.8 Å². The molecule has 20 heavy (non-hydrogen) atoms. The summed E-state index contributed by atoms with van der Waals surface area (Å²) in [6, 6.07) is 4.87. The van der Waals surface area contributed by atoms with Gasteiger partial charge in [-0.3, -0.25) is 9.59 Å². The summed E-state index contributed by atoms with van der Waals surface area (Å²) in [6.07, 6.45) is 0. The molecule has 2 N–H and O–H groups in total. The molecule has 4 nitrogen and oxygen atoms in total. The molecule has 1 aromatic rings. The van der Waals surface area contributed by atoms with Crippen LogP contribution >= 0.6 is 27.5 Å². The van der Waals surface area contributed by atoms with Gasteiger partial charge in [-0.25, -0.2) is 0 Å². The van der Waals surface area contributed by atoms with Gasteiger partial charge < -0.3 is 10.4 Å². The van der Waals surface area contributed by atoms with E-state index in [1.807, 2.05) is 0 Å². The zero-order chi connectivity index (χ0) is 15.3. The van der Waals surface area contributed by atoms with Crippen LogP contribution in [0.4, 0.5) is 5.69 Å². The number of carboxylic acid groups (broad SMARTS) is 1. The van der Waals surface area contributed by atoms with E-state index in [4.69, 9.17) is 16.7 Å². The third-order valence-electron chi connectivity index (χ3n) is 2.42. The number of hydrogen-bond acceptors (Lipinski definition) is 2. The van der Waals surface area contributed by atoms with Crippen molar-refractivity contribution in [2.24, 2.45) is 5.41 Å². The zero-order valence-corrected chi connectivity index (χ0v) is 13.3. The lowest BCUT2D eigenvalue weighted by atomic mass is 9.94. The maximum absolute atomic E-state index is 11.2. The van der Waals surface area contributed by atoms with Gasteiger partial charge >= 0.3 is 5.97 Å². The summed E-state index contributed by atoms with van der Waals surface area (Å²) in [6.45, 7) is 3.04. The van der Waals surface area contributed by atoms with Crippen LogP contribution in [-0.4, -0.2) is 22.3 Å². The fourth-order valence-corrected chi connectivity index (χ4v) is 1.53. The Morgan fingerprint density at radius 3 is 2.60 bits per heavy atom. The highest BCUT2D eigenvalue weighted by Crippen LogP contribution is 2.23. The van der Waals surface area contributed by atoms with Gasteiger partial charge in [0.25, 0.3) is 0 Å². The van der Waals surface area contributed by atoms with Crippen LogP contribution in [0.15, 0.2) is 18.2 Å². The van der Waals surface area contributed by atoms with E-state index in [9.17, 15) is 9.59 Å². The minimum absolute atomic E-state index is 0.178. The highest BCUT2D eigenvalue weighted by Gasteiger charge is 2.23. The monoisotopic (exact) mass is 357 g/mol. The second kappa shape index (κ2) is 6.78. The minimum Gasteiger partial charge on any atom is -0.480 e. The first-order valence-electron chi connectivity index (χ1n) is 5.68. The standard InChI is InChI=1S/C14H13BrClNO3/c1-14(2,13(19)20)6-5-9-3-4-11(10(16)7-9)17-12(18)8-15/h3-4,7H,8H2,1-2H3,(H,17,18)(H,19,20). The predicted molar refractivity (Wildman–Crippen MR) is 82.2 cm³/mol. The Balaban J connectivity index is 2.97. The highest BCUT2D eigenvalue weighted by atomic mass is 79.9. The summed E-state index contributed by atoms with van der Waals surface area (Å²) in [5.74, 6) is 4.24. The molecule has 0 unspecified atom stereocenters. The molecule has 0 spiro atoms. The smallest absolute Gasteiger partial charge is 0.321 e. The van der Waals surface area contributed by atoms with Crippen molar-refractivity contribution >= 4 is 45.1 Å². The second-order valence-electron chi connectivity index (χ2n) is 4.56. The number of carbonyl (C=O) groups is 2. The van der Waals surface area contributed by atoms with E-state index in [0.29, 0.717) is 16.3 Å².